The van der Waals surface area contributed by atoms with Crippen molar-refractivity contribution < 1.29 is 0 Å². The maximum Gasteiger partial charge on any atom is 0.00381 e. The molecule has 0 bridgehead atoms. The van der Waals surface area contributed by atoms with Crippen molar-refractivity contribution in [2.24, 2.45) is 10.9 Å². The molecule has 0 heterocycles. The molecule has 0 aromatic heterocycles. The van der Waals surface area contributed by atoms with E-state index >= 15 is 0 Å². The summed E-state index contributed by atoms with van der Waals surface area (Å²) < 4.78 is 0. The monoisotopic (exact) mass is 205 g/mol. The minimum atomic E-state index is 0.332. The first-order valence-electron chi connectivity index (χ1n) is 5.44. The smallest absolute Gasteiger partial charge is 0.00381 e. The van der Waals surface area contributed by atoms with Crippen molar-refractivity contribution in [2.75, 3.05) is 0 Å². The molecule has 2 nitrogen and oxygen atoms in total. The summed E-state index contributed by atoms with van der Waals surface area (Å²) in [6.07, 6.45) is 5.52. The van der Waals surface area contributed by atoms with Crippen molar-refractivity contribution in [3.63, 3.8) is 0 Å². The number of rotatable bonds is 6. The van der Waals surface area contributed by atoms with Crippen molar-refractivity contribution in [1.29, 1.82) is 5.41 Å². The van der Waals surface area contributed by atoms with Gasteiger partial charge in [-0.2, -0.15) is 11.9 Å². The lowest BCUT2D eigenvalue weighted by molar-refractivity contribution is 0.857. The van der Waals surface area contributed by atoms with Gasteiger partial charge in [0, 0.05) is 5.71 Å². The zero-order valence-electron chi connectivity index (χ0n) is 10.2. The molecule has 0 radical (unpaired) electrons. The molecule has 0 saturated carbocycles. The van der Waals surface area contributed by atoms with Gasteiger partial charge in [0.05, 0.1) is 0 Å². The fourth-order valence-electron chi connectivity index (χ4n) is 0.960. The lowest BCUT2D eigenvalue weighted by Crippen LogP contribution is -2.04. The second-order valence-electron chi connectivity index (χ2n) is 3.69. The summed E-state index contributed by atoms with van der Waals surface area (Å²) in [6, 6.07) is 0. The molecule has 2 heteroatoms. The van der Waals surface area contributed by atoms with E-state index in [1.807, 2.05) is 27.3 Å². The summed E-state index contributed by atoms with van der Waals surface area (Å²) in [6.45, 7) is 9.88. The van der Waals surface area contributed by atoms with Crippen LogP contribution in [0.2, 0.25) is 0 Å². The van der Waals surface area contributed by atoms with E-state index in [-0.39, 0.29) is 0 Å². The van der Waals surface area contributed by atoms with Gasteiger partial charge in [0.25, 0.3) is 0 Å². The van der Waals surface area contributed by atoms with E-state index in [2.05, 4.69) is 23.9 Å². The van der Waals surface area contributed by atoms with Crippen LogP contribution < -0.4 is 0 Å². The fourth-order valence-corrected chi connectivity index (χ4v) is 0.960. The van der Waals surface area contributed by atoms with Gasteiger partial charge in [0.2, 0.25) is 0 Å². The Morgan fingerprint density at radius 1 is 1.53 bits per heavy atom. The van der Waals surface area contributed by atoms with Crippen molar-refractivity contribution in [3.8, 4) is 0 Å². The maximum atomic E-state index is 7.71. The van der Waals surface area contributed by atoms with Crippen molar-refractivity contribution in [1.82, 2.24) is 0 Å². The number of allylic oxidation sites excluding steroid dienone is 2. The molecule has 0 aliphatic heterocycles. The predicted molar refractivity (Wildman–Crippen MR) is 67.5 cm³/mol. The highest BCUT2D eigenvalue weighted by Gasteiger charge is 1.98. The second kappa shape index (κ2) is 8.07. The maximum absolute atomic E-state index is 7.71. The van der Waals surface area contributed by atoms with Crippen LogP contribution >= 0.6 is 0 Å². The van der Waals surface area contributed by atoms with Gasteiger partial charge in [-0.15, -0.1) is 5.57 Å². The normalized spacial score (nSPS) is 10.9. The molecule has 1 N–H and O–H groups in total. The van der Waals surface area contributed by atoms with E-state index in [1.54, 1.807) is 6.08 Å². The van der Waals surface area contributed by atoms with Crippen LogP contribution in [0, 0.1) is 17.9 Å². The van der Waals surface area contributed by atoms with Gasteiger partial charge in [-0.05, 0) is 12.3 Å². The van der Waals surface area contributed by atoms with Crippen molar-refractivity contribution in [2.45, 2.75) is 40.5 Å². The van der Waals surface area contributed by atoms with E-state index < -0.39 is 0 Å². The number of aliphatic imine (C=N–C) groups is 1. The Kier molecular flexibility index (Phi) is 7.39. The highest BCUT2D eigenvalue weighted by molar-refractivity contribution is 5.84. The summed E-state index contributed by atoms with van der Waals surface area (Å²) in [5, 5.41) is 7.71. The van der Waals surface area contributed by atoms with E-state index in [0.717, 1.165) is 24.1 Å². The standard InChI is InChI=1S/C13H21N2/c1-5-9-15-10-12(6-2)7-8-13(14)11(3)4/h5,7,10-11,14H,6,8H2,1-4H3/q-1. The Bertz CT molecular complexity index is 279. The molecule has 0 rings (SSSR count). The Labute approximate surface area is 93.3 Å². The first-order chi connectivity index (χ1) is 7.11. The fraction of sp³-hybridized carbons (Fsp3) is 0.538. The largest absolute Gasteiger partial charge is 0.352 e. The van der Waals surface area contributed by atoms with Gasteiger partial charge in [0.1, 0.15) is 0 Å². The van der Waals surface area contributed by atoms with Crippen LogP contribution in [0.1, 0.15) is 40.5 Å². The second-order valence-corrected chi connectivity index (χ2v) is 3.69. The van der Waals surface area contributed by atoms with Crippen molar-refractivity contribution >= 4 is 11.6 Å². The Hall–Kier alpha value is -1.27. The molecular formula is C13H21N2-. The minimum Gasteiger partial charge on any atom is -0.352 e. The average molecular weight is 205 g/mol. The Morgan fingerprint density at radius 2 is 2.20 bits per heavy atom. The topological polar surface area (TPSA) is 36.2 Å². The quantitative estimate of drug-likeness (QED) is 0.506. The van der Waals surface area contributed by atoms with E-state index in [1.165, 1.54) is 0 Å². The SMILES string of the molecule is CC=C=N[CH-]C(=CCC(=N)C(C)C)CC. The number of hydrogen-bond donors (Lipinski definition) is 1. The van der Waals surface area contributed by atoms with Crippen LogP contribution in [0.3, 0.4) is 0 Å². The molecule has 0 spiro atoms. The zero-order chi connectivity index (χ0) is 11.7. The third-order valence-electron chi connectivity index (χ3n) is 2.12. The summed E-state index contributed by atoms with van der Waals surface area (Å²) in [5.41, 5.74) is 1.93. The molecule has 0 aromatic rings. The lowest BCUT2D eigenvalue weighted by Gasteiger charge is -2.10. The van der Waals surface area contributed by atoms with Gasteiger partial charge in [-0.25, -0.2) is 0 Å². The van der Waals surface area contributed by atoms with Crippen LogP contribution in [0.25, 0.3) is 0 Å². The molecule has 0 aromatic carbocycles. The lowest BCUT2D eigenvalue weighted by atomic mass is 10.0. The van der Waals surface area contributed by atoms with Crippen LogP contribution in [0.4, 0.5) is 0 Å². The molecule has 0 saturated heterocycles. The number of hydrogen-bond acceptors (Lipinski definition) is 2. The molecule has 0 fully saturated rings. The van der Waals surface area contributed by atoms with E-state index in [9.17, 15) is 0 Å². The molecular weight excluding hydrogens is 184 g/mol. The Balaban J connectivity index is 4.22. The van der Waals surface area contributed by atoms with Crippen LogP contribution in [0.5, 0.6) is 0 Å². The van der Waals surface area contributed by atoms with Crippen LogP contribution in [0.15, 0.2) is 22.7 Å². The molecule has 84 valence electrons. The zero-order valence-corrected chi connectivity index (χ0v) is 10.2. The number of nitrogens with zero attached hydrogens (tertiary/aromatic N) is 1. The molecule has 0 aliphatic rings. The minimum absolute atomic E-state index is 0.332. The van der Waals surface area contributed by atoms with E-state index in [4.69, 9.17) is 5.41 Å². The third-order valence-corrected chi connectivity index (χ3v) is 2.12. The Morgan fingerprint density at radius 3 is 2.67 bits per heavy atom. The van der Waals surface area contributed by atoms with Gasteiger partial charge < -0.3 is 10.4 Å². The summed E-state index contributed by atoms with van der Waals surface area (Å²) >= 11 is 0. The summed E-state index contributed by atoms with van der Waals surface area (Å²) in [5.74, 6) is 3.11. The van der Waals surface area contributed by atoms with Crippen molar-refractivity contribution in [3.05, 3.63) is 24.3 Å². The van der Waals surface area contributed by atoms with Gasteiger partial charge >= 0.3 is 0 Å². The molecule has 15 heavy (non-hydrogen) atoms. The number of nitrogens with one attached hydrogen (secondary N) is 1. The molecule has 0 amide bonds. The average Bonchev–Trinajstić information content (AvgIpc) is 2.22. The third kappa shape index (κ3) is 6.75. The van der Waals surface area contributed by atoms with Crippen LogP contribution in [-0.4, -0.2) is 11.6 Å². The molecule has 0 aliphatic carbocycles. The van der Waals surface area contributed by atoms with Gasteiger partial charge in [-0.1, -0.05) is 46.7 Å². The highest BCUT2D eigenvalue weighted by atomic mass is 14.7. The summed E-state index contributed by atoms with van der Waals surface area (Å²) in [7, 11) is 0. The van der Waals surface area contributed by atoms with Crippen LogP contribution in [-0.2, 0) is 0 Å². The molecule has 0 unspecified atom stereocenters. The first kappa shape index (κ1) is 13.7. The molecule has 0 atom stereocenters. The summed E-state index contributed by atoms with van der Waals surface area (Å²) in [4.78, 5) is 4.01. The van der Waals surface area contributed by atoms with Gasteiger partial charge in [-0.3, -0.25) is 0 Å². The predicted octanol–water partition coefficient (Wildman–Crippen LogP) is 3.80. The van der Waals surface area contributed by atoms with Gasteiger partial charge in [0.15, 0.2) is 0 Å². The van der Waals surface area contributed by atoms with E-state index in [0.29, 0.717) is 5.92 Å². The highest BCUT2D eigenvalue weighted by Crippen LogP contribution is 2.09. The first-order valence-corrected chi connectivity index (χ1v) is 5.44.